The Kier molecular flexibility index (Phi) is 14.0. The largest absolute Gasteiger partial charge is 0.455 e. The molecule has 0 fully saturated rings. The molecule has 0 saturated carbocycles. The lowest BCUT2D eigenvalue weighted by molar-refractivity contribution is 0.669. The molecule has 0 saturated heterocycles. The molecule has 0 aliphatic carbocycles. The molecule has 20 rings (SSSR count). The molecule has 10 heteroatoms. The summed E-state index contributed by atoms with van der Waals surface area (Å²) in [6, 6.07) is 117. The minimum Gasteiger partial charge on any atom is -0.455 e. The monoisotopic (exact) mass is 1280 g/mol. The van der Waals surface area contributed by atoms with E-state index in [1.165, 1.54) is 0 Å². The van der Waals surface area contributed by atoms with Crippen LogP contribution in [-0.2, 0) is 0 Å². The number of nitrogens with zero attached hydrogens (tertiary/aromatic N) is 8. The van der Waals surface area contributed by atoms with Crippen molar-refractivity contribution >= 4 is 87.5 Å². The van der Waals surface area contributed by atoms with Gasteiger partial charge >= 0.3 is 0 Å². The smallest absolute Gasteiger partial charge is 0.238 e. The summed E-state index contributed by atoms with van der Waals surface area (Å²) in [6.45, 7) is 0. The highest BCUT2D eigenvalue weighted by Gasteiger charge is 2.23. The Morgan fingerprint density at radius 3 is 1.10 bits per heavy atom. The average Bonchev–Trinajstić information content (AvgIpc) is 1.49. The molecule has 14 aromatic carbocycles. The molecule has 6 heterocycles. The first-order valence-electron chi connectivity index (χ1n) is 33.4. The number of furan rings is 2. The Bertz CT molecular complexity index is 6480. The Morgan fingerprint density at radius 2 is 0.560 bits per heavy atom. The van der Waals surface area contributed by atoms with Gasteiger partial charge in [-0.25, -0.2) is 19.9 Å². The van der Waals surface area contributed by atoms with Crippen LogP contribution < -0.4 is 0 Å². The molecular formula is C90H56N8O2. The zero-order chi connectivity index (χ0) is 66.0. The van der Waals surface area contributed by atoms with Crippen molar-refractivity contribution in [1.29, 1.82) is 0 Å². The second-order valence-electron chi connectivity index (χ2n) is 24.9. The maximum atomic E-state index is 6.46. The number of hydrogen-bond acceptors (Lipinski definition) is 8. The maximum absolute atomic E-state index is 6.46. The minimum atomic E-state index is 0.580. The van der Waals surface area contributed by atoms with E-state index >= 15 is 0 Å². The van der Waals surface area contributed by atoms with Crippen LogP contribution in [0.4, 0.5) is 0 Å². The molecule has 0 N–H and O–H groups in total. The van der Waals surface area contributed by atoms with Gasteiger partial charge in [0.15, 0.2) is 29.1 Å². The van der Waals surface area contributed by atoms with E-state index in [4.69, 9.17) is 38.7 Å². The first-order chi connectivity index (χ1) is 49.6. The summed E-state index contributed by atoms with van der Waals surface area (Å²) in [7, 11) is 0. The summed E-state index contributed by atoms with van der Waals surface area (Å²) in [5, 5.41) is 9.05. The highest BCUT2D eigenvalue weighted by molar-refractivity contribution is 6.15. The van der Waals surface area contributed by atoms with Gasteiger partial charge in [-0.3, -0.25) is 4.57 Å². The van der Waals surface area contributed by atoms with Crippen LogP contribution in [0.25, 0.3) is 189 Å². The SMILES string of the molecule is c1ccc(-c2cccc(-c3nc(-c4ccccc4)nc(-c4ccccc4-n4c5ccccc5c5cc(-c6cccc7c6oc6ccccc67)ccc54)n3)c2)cc1.c1ccc(-c2nc(-c3ccccc3)nc(-n3c4ccccc4c4cc(-c5cccc6c5oc5ccccc56)ccc43)n2)cc1. The van der Waals surface area contributed by atoms with Gasteiger partial charge in [0, 0.05) is 82.0 Å². The number of benzene rings is 14. The topological polar surface area (TPSA) is 113 Å². The number of hydrogen-bond donors (Lipinski definition) is 0. The number of aromatic nitrogens is 8. The Labute approximate surface area is 573 Å². The summed E-state index contributed by atoms with van der Waals surface area (Å²) in [5.74, 6) is 3.69. The molecule has 6 aromatic heterocycles. The van der Waals surface area contributed by atoms with E-state index < -0.39 is 0 Å². The molecule has 0 spiro atoms. The van der Waals surface area contributed by atoms with E-state index in [1.54, 1.807) is 0 Å². The van der Waals surface area contributed by atoms with Crippen molar-refractivity contribution in [3.63, 3.8) is 0 Å². The highest BCUT2D eigenvalue weighted by Crippen LogP contribution is 2.43. The van der Waals surface area contributed by atoms with E-state index in [-0.39, 0.29) is 0 Å². The molecule has 0 amide bonds. The quantitative estimate of drug-likeness (QED) is 0.133. The molecule has 10 nitrogen and oxygen atoms in total. The predicted octanol–water partition coefficient (Wildman–Crippen LogP) is 23.1. The lowest BCUT2D eigenvalue weighted by Gasteiger charge is -2.15. The normalized spacial score (nSPS) is 11.6. The summed E-state index contributed by atoms with van der Waals surface area (Å²) in [4.78, 5) is 30.4. The van der Waals surface area contributed by atoms with Gasteiger partial charge in [0.2, 0.25) is 5.95 Å². The third kappa shape index (κ3) is 10.0. The van der Waals surface area contributed by atoms with Crippen LogP contribution in [0.15, 0.2) is 349 Å². The van der Waals surface area contributed by atoms with Gasteiger partial charge in [0.25, 0.3) is 0 Å². The summed E-state index contributed by atoms with van der Waals surface area (Å²) < 4.78 is 17.3. The number of fused-ring (bicyclic) bond motifs is 12. The fraction of sp³-hybridized carbons (Fsp3) is 0. The summed E-state index contributed by atoms with van der Waals surface area (Å²) >= 11 is 0. The highest BCUT2D eigenvalue weighted by atomic mass is 16.3. The van der Waals surface area contributed by atoms with Gasteiger partial charge in [-0.1, -0.05) is 273 Å². The Balaban J connectivity index is 0.000000143. The standard InChI is InChI=1S/C51H32N4O.C39H24N4O/c1-3-15-33(16-4-1)35-19-13-20-37(31-35)50-52-49(34-17-5-2-6-18-34)53-51(54-50)42-23-8-11-27-45(42)55-44-26-10-7-21-39(44)43-32-36(29-30-46(43)55)38-24-14-25-41-40-22-9-12-28-47(40)56-48(38)41;1-3-12-25(13-4-1)37-40-38(26-14-5-2-6-15-26)42-39(41-37)43-33-20-9-7-16-29(33)32-24-27(22-23-34(32)43)28-18-11-19-31-30-17-8-10-21-35(30)44-36(28)31/h1-32H;1-24H. The average molecular weight is 1280 g/mol. The van der Waals surface area contributed by atoms with Gasteiger partial charge in [-0.05, 0) is 89.0 Å². The molecule has 0 radical (unpaired) electrons. The molecular weight excluding hydrogens is 1230 g/mol. The lowest BCUT2D eigenvalue weighted by atomic mass is 10.0. The van der Waals surface area contributed by atoms with Gasteiger partial charge in [-0.2, -0.15) is 9.97 Å². The van der Waals surface area contributed by atoms with Gasteiger partial charge in [0.1, 0.15) is 22.3 Å². The van der Waals surface area contributed by atoms with Crippen LogP contribution in [0.2, 0.25) is 0 Å². The van der Waals surface area contributed by atoms with Crippen molar-refractivity contribution in [2.75, 3.05) is 0 Å². The molecule has 468 valence electrons. The Morgan fingerprint density at radius 1 is 0.200 bits per heavy atom. The third-order valence-electron chi connectivity index (χ3n) is 18.9. The van der Waals surface area contributed by atoms with Crippen molar-refractivity contribution < 1.29 is 8.83 Å². The number of rotatable bonds is 10. The van der Waals surface area contributed by atoms with E-state index in [9.17, 15) is 0 Å². The van der Waals surface area contributed by atoms with Crippen molar-refractivity contribution in [3.8, 4) is 102 Å². The Hall–Kier alpha value is -13.7. The van der Waals surface area contributed by atoms with Crippen LogP contribution in [0.1, 0.15) is 0 Å². The molecule has 0 bridgehead atoms. The van der Waals surface area contributed by atoms with E-state index in [1.807, 2.05) is 121 Å². The van der Waals surface area contributed by atoms with Crippen LogP contribution in [-0.4, -0.2) is 39.0 Å². The molecule has 0 aliphatic rings. The second-order valence-corrected chi connectivity index (χ2v) is 24.9. The van der Waals surface area contributed by atoms with Gasteiger partial charge < -0.3 is 13.4 Å². The minimum absolute atomic E-state index is 0.580. The molecule has 0 unspecified atom stereocenters. The lowest BCUT2D eigenvalue weighted by Crippen LogP contribution is -2.06. The van der Waals surface area contributed by atoms with Crippen molar-refractivity contribution in [2.45, 2.75) is 0 Å². The van der Waals surface area contributed by atoms with E-state index in [0.29, 0.717) is 35.1 Å². The molecule has 20 aromatic rings. The van der Waals surface area contributed by atoms with Crippen LogP contribution >= 0.6 is 0 Å². The van der Waals surface area contributed by atoms with Crippen LogP contribution in [0.5, 0.6) is 0 Å². The van der Waals surface area contributed by atoms with E-state index in [2.05, 4.69) is 228 Å². The maximum Gasteiger partial charge on any atom is 0.238 e. The summed E-state index contributed by atoms with van der Waals surface area (Å²) in [5.41, 5.74) is 20.0. The van der Waals surface area contributed by atoms with Crippen molar-refractivity contribution in [1.82, 2.24) is 39.0 Å². The third-order valence-corrected chi connectivity index (χ3v) is 18.9. The summed E-state index contributed by atoms with van der Waals surface area (Å²) in [6.07, 6.45) is 0. The molecule has 0 atom stereocenters. The first kappa shape index (κ1) is 57.7. The predicted molar refractivity (Wildman–Crippen MR) is 406 cm³/mol. The van der Waals surface area contributed by atoms with Gasteiger partial charge in [0.05, 0.1) is 27.8 Å². The van der Waals surface area contributed by atoms with E-state index in [0.717, 1.165) is 154 Å². The van der Waals surface area contributed by atoms with Crippen LogP contribution in [0.3, 0.4) is 0 Å². The first-order valence-corrected chi connectivity index (χ1v) is 33.4. The second kappa shape index (κ2) is 24.2. The zero-order valence-corrected chi connectivity index (χ0v) is 53.7. The van der Waals surface area contributed by atoms with Crippen molar-refractivity contribution in [3.05, 3.63) is 340 Å². The molecule has 0 aliphatic heterocycles. The molecule has 100 heavy (non-hydrogen) atoms. The zero-order valence-electron chi connectivity index (χ0n) is 53.7. The van der Waals surface area contributed by atoms with Gasteiger partial charge in [-0.15, -0.1) is 0 Å². The fourth-order valence-electron chi connectivity index (χ4n) is 14.3. The number of para-hydroxylation sites is 7. The van der Waals surface area contributed by atoms with Crippen LogP contribution in [0, 0.1) is 0 Å². The van der Waals surface area contributed by atoms with Crippen molar-refractivity contribution in [2.24, 2.45) is 0 Å². The fourth-order valence-corrected chi connectivity index (χ4v) is 14.3.